The van der Waals surface area contributed by atoms with Crippen LogP contribution in [0.15, 0.2) is 29.3 Å². The van der Waals surface area contributed by atoms with Crippen molar-refractivity contribution in [3.63, 3.8) is 0 Å². The first-order chi connectivity index (χ1) is 31.2. The van der Waals surface area contributed by atoms with Crippen LogP contribution in [0.2, 0.25) is 0 Å². The number of carboxylic acid groups (broad SMARTS) is 1. The van der Waals surface area contributed by atoms with Gasteiger partial charge in [0.05, 0.1) is 19.1 Å². The molecule has 19 N–H and O–H groups in total. The van der Waals surface area contributed by atoms with Gasteiger partial charge in [-0.1, -0.05) is 39.8 Å². The molecule has 0 heterocycles. The number of guanidine groups is 1. The number of phenols is 1. The molecule has 9 amide bonds. The first kappa shape index (κ1) is 58.1. The van der Waals surface area contributed by atoms with Crippen molar-refractivity contribution < 1.29 is 63.3 Å². The Morgan fingerprint density at radius 1 is 0.672 bits per heavy atom. The van der Waals surface area contributed by atoms with E-state index in [1.807, 2.05) is 13.8 Å². The lowest BCUT2D eigenvalue weighted by Gasteiger charge is -2.28. The minimum atomic E-state index is -1.61. The van der Waals surface area contributed by atoms with E-state index in [1.165, 1.54) is 24.3 Å². The molecular weight excluding hydrogens is 883 g/mol. The van der Waals surface area contributed by atoms with Crippen LogP contribution in [0.3, 0.4) is 0 Å². The van der Waals surface area contributed by atoms with Crippen LogP contribution in [0.25, 0.3) is 0 Å². The molecule has 1 rings (SSSR count). The molecule has 26 nitrogen and oxygen atoms in total. The maximum Gasteiger partial charge on any atom is 0.325 e. The number of carbonyl (C=O) groups excluding carboxylic acids is 9. The van der Waals surface area contributed by atoms with Crippen LogP contribution in [0, 0.1) is 11.8 Å². The van der Waals surface area contributed by atoms with Crippen molar-refractivity contribution in [2.45, 2.75) is 128 Å². The molecule has 0 saturated heterocycles. The van der Waals surface area contributed by atoms with Gasteiger partial charge >= 0.3 is 5.97 Å². The fourth-order valence-electron chi connectivity index (χ4n) is 6.13. The van der Waals surface area contributed by atoms with Gasteiger partial charge in [-0.2, -0.15) is 0 Å². The number of hydrazine groups is 1. The summed E-state index contributed by atoms with van der Waals surface area (Å²) >= 11 is 0. The number of carboxylic acids is 1. The van der Waals surface area contributed by atoms with E-state index in [9.17, 15) is 58.2 Å². The minimum Gasteiger partial charge on any atom is -0.508 e. The van der Waals surface area contributed by atoms with Gasteiger partial charge < -0.3 is 70.2 Å². The highest BCUT2D eigenvalue weighted by Crippen LogP contribution is 2.14. The maximum atomic E-state index is 14.1. The average Bonchev–Trinajstić information content (AvgIpc) is 3.24. The largest absolute Gasteiger partial charge is 0.508 e. The Bertz CT molecular complexity index is 1930. The topological polar surface area (TPSA) is 449 Å². The van der Waals surface area contributed by atoms with Gasteiger partial charge in [0.15, 0.2) is 5.96 Å². The number of carbonyl (C=O) groups is 10. The third kappa shape index (κ3) is 22.2. The van der Waals surface area contributed by atoms with Crippen molar-refractivity contribution in [3.8, 4) is 5.75 Å². The Kier molecular flexibility index (Phi) is 25.0. The second-order valence-corrected chi connectivity index (χ2v) is 16.6. The number of aliphatic carboxylic acids is 1. The number of aromatic hydroxyl groups is 1. The molecule has 0 aliphatic rings. The summed E-state index contributed by atoms with van der Waals surface area (Å²) < 4.78 is 0. The standard InChI is InChI=1S/C41H67N13O13/c1-20(2)15-25(42)34(60)53-30(19-55)38(64)50-26(7-6-14-47-41(44)45)35(61)51-27(16-21(3)4)37(63)52-29(17-23-8-10-24(56)11-9-23)39(65)54(46)33(59)13-12-32(58)49-28(18-31(43)57)36(62)48-22(5)40(66)67/h8-11,20-22,25-30,55-56H,6-7,12-19,42,46H2,1-5H3,(H2,43,57)(H,48,62)(H,49,58)(H,50,64)(H,51,61)(H,52,63)(H,53,60)(H,66,67)(H4,44,45,47)/t22-,25-,26-,27-,28-,29-,30-/m0/s1. The zero-order chi connectivity index (χ0) is 51.1. The van der Waals surface area contributed by atoms with E-state index in [2.05, 4.69) is 36.9 Å². The van der Waals surface area contributed by atoms with Gasteiger partial charge in [-0.25, -0.2) is 10.9 Å². The van der Waals surface area contributed by atoms with Crippen LogP contribution in [0.5, 0.6) is 5.75 Å². The number of benzene rings is 1. The summed E-state index contributed by atoms with van der Waals surface area (Å²) in [6.07, 6.45) is -2.17. The predicted molar refractivity (Wildman–Crippen MR) is 240 cm³/mol. The molecular formula is C41H67N13O13. The first-order valence-corrected chi connectivity index (χ1v) is 21.4. The SMILES string of the molecule is CC(C)C[C@H](NC(=O)[C@H](CCCN=C(N)N)NC(=O)[C@H](CO)NC(=O)[C@@H](N)CC(C)C)C(=O)N[C@@H](Cc1ccc(O)cc1)C(=O)N(N)C(=O)CCC(=O)N[C@@H](CC(N)=O)C(=O)N[C@@H](C)C(=O)O. The van der Waals surface area contributed by atoms with Crippen molar-refractivity contribution in [2.75, 3.05) is 13.2 Å². The molecule has 0 saturated carbocycles. The summed E-state index contributed by atoms with van der Waals surface area (Å²) in [6, 6.07) is -4.47. The lowest BCUT2D eigenvalue weighted by atomic mass is 10.00. The first-order valence-electron chi connectivity index (χ1n) is 21.4. The lowest BCUT2D eigenvalue weighted by molar-refractivity contribution is -0.148. The summed E-state index contributed by atoms with van der Waals surface area (Å²) in [5, 5.41) is 43.3. The van der Waals surface area contributed by atoms with E-state index in [-0.39, 0.29) is 67.2 Å². The summed E-state index contributed by atoms with van der Waals surface area (Å²) in [6.45, 7) is 7.45. The molecule has 0 aromatic heterocycles. The van der Waals surface area contributed by atoms with Crippen molar-refractivity contribution >= 4 is 65.1 Å². The monoisotopic (exact) mass is 949 g/mol. The number of aliphatic imine (C=N–C) groups is 1. The van der Waals surface area contributed by atoms with Gasteiger partial charge in [0.1, 0.15) is 42.0 Å². The van der Waals surface area contributed by atoms with Gasteiger partial charge in [-0.3, -0.25) is 52.9 Å². The van der Waals surface area contributed by atoms with Crippen molar-refractivity contribution in [3.05, 3.63) is 29.8 Å². The van der Waals surface area contributed by atoms with E-state index in [0.717, 1.165) is 6.92 Å². The normalized spacial score (nSPS) is 14.1. The van der Waals surface area contributed by atoms with Crippen LogP contribution >= 0.6 is 0 Å². The molecule has 0 radical (unpaired) electrons. The van der Waals surface area contributed by atoms with Crippen LogP contribution in [0.4, 0.5) is 0 Å². The van der Waals surface area contributed by atoms with Crippen molar-refractivity contribution in [2.24, 2.45) is 45.6 Å². The Morgan fingerprint density at radius 2 is 1.19 bits per heavy atom. The third-order valence-corrected chi connectivity index (χ3v) is 9.65. The molecule has 7 atom stereocenters. The molecule has 26 heteroatoms. The lowest BCUT2D eigenvalue weighted by Crippen LogP contribution is -2.60. The number of imide groups is 1. The number of aliphatic hydroxyl groups is 1. The van der Waals surface area contributed by atoms with Crippen LogP contribution in [0.1, 0.15) is 85.1 Å². The highest BCUT2D eigenvalue weighted by molar-refractivity contribution is 6.01. The van der Waals surface area contributed by atoms with Crippen molar-refractivity contribution in [1.82, 2.24) is 36.9 Å². The molecule has 0 spiro atoms. The van der Waals surface area contributed by atoms with Gasteiger partial charge in [-0.05, 0) is 62.1 Å². The number of rotatable bonds is 29. The second kappa shape index (κ2) is 28.9. The second-order valence-electron chi connectivity index (χ2n) is 16.6. The number of aliphatic hydroxyl groups excluding tert-OH is 1. The quantitative estimate of drug-likeness (QED) is 0.00896. The van der Waals surface area contributed by atoms with E-state index in [4.69, 9.17) is 33.9 Å². The Labute approximate surface area is 387 Å². The Balaban J connectivity index is 3.39. The van der Waals surface area contributed by atoms with Crippen molar-refractivity contribution in [1.29, 1.82) is 0 Å². The number of nitrogens with one attached hydrogen (secondary N) is 6. The number of phenolic OH excluding ortho intramolecular Hbond substituents is 1. The van der Waals surface area contributed by atoms with E-state index in [1.54, 1.807) is 13.8 Å². The molecule has 0 fully saturated rings. The van der Waals surface area contributed by atoms with Crippen LogP contribution in [-0.2, 0) is 54.4 Å². The number of hydrogen-bond acceptors (Lipinski definition) is 15. The zero-order valence-electron chi connectivity index (χ0n) is 38.3. The molecule has 374 valence electrons. The molecule has 1 aromatic carbocycles. The fourth-order valence-corrected chi connectivity index (χ4v) is 6.13. The molecule has 0 bridgehead atoms. The van der Waals surface area contributed by atoms with Gasteiger partial charge in [0.2, 0.25) is 47.3 Å². The molecule has 1 aromatic rings. The summed E-state index contributed by atoms with van der Waals surface area (Å²) in [5.41, 5.74) is 22.3. The molecule has 67 heavy (non-hydrogen) atoms. The van der Waals surface area contributed by atoms with Crippen LogP contribution in [-0.4, -0.2) is 141 Å². The van der Waals surface area contributed by atoms with E-state index in [0.29, 0.717) is 5.56 Å². The molecule has 0 aliphatic carbocycles. The van der Waals surface area contributed by atoms with Gasteiger partial charge in [0, 0.05) is 25.8 Å². The number of amides is 9. The number of hydrogen-bond donors (Lipinski definition) is 14. The molecule has 0 unspecified atom stereocenters. The average molecular weight is 950 g/mol. The summed E-state index contributed by atoms with van der Waals surface area (Å²) in [4.78, 5) is 133. The highest BCUT2D eigenvalue weighted by Gasteiger charge is 2.35. The fraction of sp³-hybridized carbons (Fsp3) is 0.585. The summed E-state index contributed by atoms with van der Waals surface area (Å²) in [5.74, 6) is -4.89. The summed E-state index contributed by atoms with van der Waals surface area (Å²) in [7, 11) is 0. The van der Waals surface area contributed by atoms with E-state index < -0.39 is 127 Å². The number of nitrogens with two attached hydrogens (primary N) is 5. The van der Waals surface area contributed by atoms with Crippen LogP contribution < -0.4 is 60.7 Å². The Morgan fingerprint density at radius 3 is 1.73 bits per heavy atom. The highest BCUT2D eigenvalue weighted by atomic mass is 16.4. The van der Waals surface area contributed by atoms with Gasteiger partial charge in [-0.15, -0.1) is 0 Å². The third-order valence-electron chi connectivity index (χ3n) is 9.65. The predicted octanol–water partition coefficient (Wildman–Crippen LogP) is -4.70. The van der Waals surface area contributed by atoms with E-state index >= 15 is 0 Å². The smallest absolute Gasteiger partial charge is 0.325 e. The number of primary amides is 1. The van der Waals surface area contributed by atoms with Gasteiger partial charge in [0.25, 0.3) is 5.91 Å². The zero-order valence-corrected chi connectivity index (χ0v) is 38.3. The maximum absolute atomic E-state index is 14.1. The minimum absolute atomic E-state index is 0.0280. The molecule has 0 aliphatic heterocycles. The number of nitrogens with zero attached hydrogens (tertiary/aromatic N) is 2. The Hall–Kier alpha value is -6.93.